The predicted octanol–water partition coefficient (Wildman–Crippen LogP) is 5.31. The summed E-state index contributed by atoms with van der Waals surface area (Å²) in [4.78, 5) is 1.99. The van der Waals surface area contributed by atoms with Crippen molar-refractivity contribution < 1.29 is 9.47 Å². The van der Waals surface area contributed by atoms with Gasteiger partial charge in [-0.3, -0.25) is 0 Å². The molecule has 0 fully saturated rings. The van der Waals surface area contributed by atoms with Crippen LogP contribution in [-0.2, 0) is 6.61 Å². The van der Waals surface area contributed by atoms with Gasteiger partial charge in [0.05, 0.1) is 5.92 Å². The zero-order valence-corrected chi connectivity index (χ0v) is 18.9. The molecule has 0 unspecified atom stereocenters. The lowest BCUT2D eigenvalue weighted by molar-refractivity contribution is 0.301. The van der Waals surface area contributed by atoms with Crippen molar-refractivity contribution in [1.29, 1.82) is 5.26 Å². The molecule has 0 saturated carbocycles. The molecule has 1 heterocycles. The topological polar surface area (TPSA) is 71.5 Å². The molecule has 0 aromatic heterocycles. The first-order valence-corrected chi connectivity index (χ1v) is 10.6. The number of rotatable bonds is 5. The largest absolute Gasteiger partial charge is 0.489 e. The third-order valence-corrected chi connectivity index (χ3v) is 5.73. The van der Waals surface area contributed by atoms with E-state index in [1.165, 1.54) is 0 Å². The van der Waals surface area contributed by atoms with Crippen LogP contribution >= 0.6 is 15.9 Å². The summed E-state index contributed by atoms with van der Waals surface area (Å²) in [5.74, 6) is 1.06. The average molecular weight is 476 g/mol. The van der Waals surface area contributed by atoms with Crippen molar-refractivity contribution in [2.75, 3.05) is 19.0 Å². The molecule has 4 rings (SSSR count). The highest BCUT2D eigenvalue weighted by atomic mass is 79.9. The monoisotopic (exact) mass is 475 g/mol. The second kappa shape index (κ2) is 8.75. The number of hydrogen-bond donors (Lipinski definition) is 1. The van der Waals surface area contributed by atoms with E-state index in [-0.39, 0.29) is 5.88 Å². The molecule has 1 aliphatic heterocycles. The zero-order chi connectivity index (χ0) is 22.0. The number of allylic oxidation sites excluding steroid dienone is 1. The zero-order valence-electron chi connectivity index (χ0n) is 17.3. The molecule has 0 bridgehead atoms. The van der Waals surface area contributed by atoms with Crippen LogP contribution in [0.3, 0.4) is 0 Å². The summed E-state index contributed by atoms with van der Waals surface area (Å²) in [5.41, 5.74) is 10.3. The lowest BCUT2D eigenvalue weighted by Crippen LogP contribution is -2.22. The number of nitrogens with two attached hydrogens (primary N) is 1. The van der Waals surface area contributed by atoms with Crippen LogP contribution in [0.1, 0.15) is 22.6 Å². The molecule has 6 heteroatoms. The minimum absolute atomic E-state index is 0.116. The van der Waals surface area contributed by atoms with Gasteiger partial charge in [-0.25, -0.2) is 0 Å². The molecule has 1 atom stereocenters. The fraction of sp³-hybridized carbons (Fsp3) is 0.160. The Morgan fingerprint density at radius 1 is 1.06 bits per heavy atom. The van der Waals surface area contributed by atoms with Crippen LogP contribution in [0.4, 0.5) is 5.69 Å². The van der Waals surface area contributed by atoms with E-state index in [0.717, 1.165) is 26.9 Å². The maximum atomic E-state index is 9.90. The number of halogens is 1. The maximum absolute atomic E-state index is 9.90. The fourth-order valence-corrected chi connectivity index (χ4v) is 4.03. The van der Waals surface area contributed by atoms with E-state index in [0.29, 0.717) is 23.7 Å². The number of hydrogen-bond acceptors (Lipinski definition) is 5. The standard InChI is InChI=1S/C25H22BrN3O2/c1-29(2)18-9-10-19-23(13-18)31-25(28)21(14-27)24(19)20-12-17(26)8-11-22(20)30-15-16-6-4-3-5-7-16/h3-13,24H,15,28H2,1-2H3/t24-/m0/s1. The molecule has 156 valence electrons. The van der Waals surface area contributed by atoms with E-state index in [1.54, 1.807) is 0 Å². The summed E-state index contributed by atoms with van der Waals surface area (Å²) in [6.07, 6.45) is 0. The second-order valence-corrected chi connectivity index (χ2v) is 8.41. The number of anilines is 1. The van der Waals surface area contributed by atoms with E-state index in [9.17, 15) is 5.26 Å². The van der Waals surface area contributed by atoms with Crippen molar-refractivity contribution in [3.8, 4) is 17.6 Å². The number of benzene rings is 3. The van der Waals surface area contributed by atoms with Gasteiger partial charge in [0.1, 0.15) is 29.7 Å². The number of nitrogens with zero attached hydrogens (tertiary/aromatic N) is 2. The first-order chi connectivity index (χ1) is 15.0. The Kier molecular flexibility index (Phi) is 5.88. The molecule has 0 radical (unpaired) electrons. The Balaban J connectivity index is 1.81. The lowest BCUT2D eigenvalue weighted by atomic mass is 9.83. The minimum atomic E-state index is -0.395. The molecule has 0 spiro atoms. The summed E-state index contributed by atoms with van der Waals surface area (Å²) < 4.78 is 12.9. The summed E-state index contributed by atoms with van der Waals surface area (Å²) in [6.45, 7) is 0.423. The van der Waals surface area contributed by atoms with E-state index < -0.39 is 5.92 Å². The van der Waals surface area contributed by atoms with Crippen LogP contribution in [-0.4, -0.2) is 14.1 Å². The van der Waals surface area contributed by atoms with Crippen molar-refractivity contribution in [2.24, 2.45) is 5.73 Å². The third-order valence-electron chi connectivity index (χ3n) is 5.24. The molecule has 3 aromatic rings. The van der Waals surface area contributed by atoms with E-state index >= 15 is 0 Å². The van der Waals surface area contributed by atoms with Gasteiger partial charge >= 0.3 is 0 Å². The van der Waals surface area contributed by atoms with Gasteiger partial charge in [-0.2, -0.15) is 5.26 Å². The molecule has 0 amide bonds. The molecule has 0 aliphatic carbocycles. The SMILES string of the molecule is CN(C)c1ccc2c(c1)OC(N)=C(C#N)[C@@H]2c1cc(Br)ccc1OCc1ccccc1. The quantitative estimate of drug-likeness (QED) is 0.540. The van der Waals surface area contributed by atoms with Gasteiger partial charge in [0.2, 0.25) is 5.88 Å². The summed E-state index contributed by atoms with van der Waals surface area (Å²) in [5, 5.41) is 9.90. The predicted molar refractivity (Wildman–Crippen MR) is 125 cm³/mol. The van der Waals surface area contributed by atoms with Crippen molar-refractivity contribution >= 4 is 21.6 Å². The Labute approximate surface area is 190 Å². The van der Waals surface area contributed by atoms with Crippen LogP contribution in [0, 0.1) is 11.3 Å². The van der Waals surface area contributed by atoms with Gasteiger partial charge in [0, 0.05) is 41.4 Å². The molecular formula is C25H22BrN3O2. The lowest BCUT2D eigenvalue weighted by Gasteiger charge is -2.29. The maximum Gasteiger partial charge on any atom is 0.205 e. The van der Waals surface area contributed by atoms with Gasteiger partial charge in [-0.1, -0.05) is 52.3 Å². The highest BCUT2D eigenvalue weighted by Gasteiger charge is 2.33. The summed E-state index contributed by atoms with van der Waals surface area (Å²) in [6, 6.07) is 24.0. The Morgan fingerprint density at radius 2 is 1.84 bits per heavy atom. The van der Waals surface area contributed by atoms with Gasteiger partial charge in [-0.15, -0.1) is 0 Å². The smallest absolute Gasteiger partial charge is 0.205 e. The van der Waals surface area contributed by atoms with E-state index in [1.807, 2.05) is 85.7 Å². The van der Waals surface area contributed by atoms with Crippen LogP contribution in [0.5, 0.6) is 11.5 Å². The molecule has 1 aliphatic rings. The van der Waals surface area contributed by atoms with Crippen molar-refractivity contribution in [3.63, 3.8) is 0 Å². The second-order valence-electron chi connectivity index (χ2n) is 7.50. The highest BCUT2D eigenvalue weighted by Crippen LogP contribution is 2.46. The van der Waals surface area contributed by atoms with Crippen molar-refractivity contribution in [3.05, 3.63) is 99.3 Å². The number of nitriles is 1. The number of ether oxygens (including phenoxy) is 2. The van der Waals surface area contributed by atoms with Crippen molar-refractivity contribution in [2.45, 2.75) is 12.5 Å². The van der Waals surface area contributed by atoms with Crippen LogP contribution in [0.15, 0.2) is 82.7 Å². The Morgan fingerprint density at radius 3 is 2.55 bits per heavy atom. The number of fused-ring (bicyclic) bond motifs is 1. The molecule has 5 nitrogen and oxygen atoms in total. The fourth-order valence-electron chi connectivity index (χ4n) is 3.65. The molecule has 3 aromatic carbocycles. The first-order valence-electron chi connectivity index (χ1n) is 9.83. The minimum Gasteiger partial charge on any atom is -0.489 e. The highest BCUT2D eigenvalue weighted by molar-refractivity contribution is 9.10. The third kappa shape index (κ3) is 4.23. The summed E-state index contributed by atoms with van der Waals surface area (Å²) >= 11 is 3.56. The van der Waals surface area contributed by atoms with Gasteiger partial charge in [0.25, 0.3) is 0 Å². The molecular weight excluding hydrogens is 454 g/mol. The molecule has 0 saturated heterocycles. The van der Waals surface area contributed by atoms with Gasteiger partial charge in [-0.05, 0) is 29.8 Å². The van der Waals surface area contributed by atoms with Crippen LogP contribution in [0.25, 0.3) is 0 Å². The molecule has 31 heavy (non-hydrogen) atoms. The van der Waals surface area contributed by atoms with E-state index in [4.69, 9.17) is 15.2 Å². The summed E-state index contributed by atoms with van der Waals surface area (Å²) in [7, 11) is 3.93. The first kappa shape index (κ1) is 20.8. The van der Waals surface area contributed by atoms with Crippen LogP contribution in [0.2, 0.25) is 0 Å². The Hall–Kier alpha value is -3.43. The van der Waals surface area contributed by atoms with Crippen LogP contribution < -0.4 is 20.1 Å². The van der Waals surface area contributed by atoms with E-state index in [2.05, 4.69) is 22.0 Å². The van der Waals surface area contributed by atoms with Gasteiger partial charge < -0.3 is 20.1 Å². The van der Waals surface area contributed by atoms with Gasteiger partial charge in [0.15, 0.2) is 0 Å². The average Bonchev–Trinajstić information content (AvgIpc) is 2.77. The molecule has 2 N–H and O–H groups in total. The normalized spacial score (nSPS) is 15.0. The Bertz CT molecular complexity index is 1180. The van der Waals surface area contributed by atoms with Crippen molar-refractivity contribution in [1.82, 2.24) is 0 Å².